The van der Waals surface area contributed by atoms with Crippen molar-refractivity contribution in [2.45, 2.75) is 0 Å². The molecule has 0 radical (unpaired) electrons. The topological polar surface area (TPSA) is 71.5 Å². The van der Waals surface area contributed by atoms with Crippen molar-refractivity contribution in [3.05, 3.63) is 52.8 Å². The van der Waals surface area contributed by atoms with Crippen molar-refractivity contribution in [1.82, 2.24) is 4.98 Å². The predicted molar refractivity (Wildman–Crippen MR) is 91.6 cm³/mol. The van der Waals surface area contributed by atoms with Crippen molar-refractivity contribution in [2.24, 2.45) is 0 Å². The number of pyridine rings is 1. The number of ether oxygens (including phenoxy) is 1. The molecule has 0 aliphatic rings. The number of hydrogen-bond donors (Lipinski definition) is 1. The summed E-state index contributed by atoms with van der Waals surface area (Å²) in [6.45, 7) is -0.360. The minimum Gasteiger partial charge on any atom is -0.452 e. The van der Waals surface area contributed by atoms with Crippen molar-refractivity contribution in [3.8, 4) is 0 Å². The van der Waals surface area contributed by atoms with Gasteiger partial charge < -0.3 is 15.0 Å². The molecule has 0 aliphatic carbocycles. The Balaban J connectivity index is 1.86. The number of benzene rings is 1. The molecule has 2 aromatic rings. The molecule has 1 N–H and O–H groups in total. The summed E-state index contributed by atoms with van der Waals surface area (Å²) in [5.41, 5.74) is 1.94. The molecule has 1 aromatic heterocycles. The van der Waals surface area contributed by atoms with E-state index in [-0.39, 0.29) is 12.2 Å². The third kappa shape index (κ3) is 5.07. The molecule has 0 spiro atoms. The van der Waals surface area contributed by atoms with Crippen LogP contribution in [-0.2, 0) is 9.53 Å². The van der Waals surface area contributed by atoms with Gasteiger partial charge in [0.15, 0.2) is 6.61 Å². The van der Waals surface area contributed by atoms with Crippen LogP contribution in [0.1, 0.15) is 10.4 Å². The number of amides is 1. The average Bonchev–Trinajstić information content (AvgIpc) is 2.53. The van der Waals surface area contributed by atoms with Crippen molar-refractivity contribution in [2.75, 3.05) is 30.9 Å². The van der Waals surface area contributed by atoms with E-state index in [2.05, 4.69) is 26.2 Å². The summed E-state index contributed by atoms with van der Waals surface area (Å²) in [6, 6.07) is 8.91. The third-order valence-electron chi connectivity index (χ3n) is 2.94. The minimum absolute atomic E-state index is 0.280. The molecule has 1 aromatic carbocycles. The summed E-state index contributed by atoms with van der Waals surface area (Å²) in [4.78, 5) is 29.4. The Kier molecular flexibility index (Phi) is 5.70. The number of carbonyl (C=O) groups is 2. The van der Waals surface area contributed by atoms with Crippen molar-refractivity contribution in [1.29, 1.82) is 0 Å². The first-order valence-corrected chi connectivity index (χ1v) is 7.60. The van der Waals surface area contributed by atoms with Crippen LogP contribution in [0.3, 0.4) is 0 Å². The lowest BCUT2D eigenvalue weighted by atomic mass is 10.2. The van der Waals surface area contributed by atoms with Crippen LogP contribution < -0.4 is 10.2 Å². The Labute approximate surface area is 142 Å². The molecule has 2 rings (SSSR count). The molecule has 0 aliphatic heterocycles. The molecule has 0 unspecified atom stereocenters. The molecule has 0 saturated carbocycles. The fourth-order valence-corrected chi connectivity index (χ4v) is 2.14. The second-order valence-corrected chi connectivity index (χ2v) is 5.87. The van der Waals surface area contributed by atoms with Crippen molar-refractivity contribution < 1.29 is 14.3 Å². The first-order chi connectivity index (χ1) is 11.0. The van der Waals surface area contributed by atoms with Crippen LogP contribution in [0.2, 0.25) is 0 Å². The highest BCUT2D eigenvalue weighted by Crippen LogP contribution is 2.15. The van der Waals surface area contributed by atoms with Crippen LogP contribution in [0, 0.1) is 0 Å². The summed E-state index contributed by atoms with van der Waals surface area (Å²) < 4.78 is 5.62. The molecule has 6 nitrogen and oxygen atoms in total. The zero-order valence-corrected chi connectivity index (χ0v) is 14.3. The smallest absolute Gasteiger partial charge is 0.340 e. The van der Waals surface area contributed by atoms with E-state index in [0.29, 0.717) is 10.2 Å². The Bertz CT molecular complexity index is 702. The highest BCUT2D eigenvalue weighted by molar-refractivity contribution is 9.10. The summed E-state index contributed by atoms with van der Waals surface area (Å²) in [5, 5.41) is 2.67. The number of rotatable bonds is 5. The van der Waals surface area contributed by atoms with Gasteiger partial charge in [-0.1, -0.05) is 0 Å². The van der Waals surface area contributed by atoms with Crippen LogP contribution >= 0.6 is 15.9 Å². The Morgan fingerprint density at radius 1 is 1.22 bits per heavy atom. The summed E-state index contributed by atoms with van der Waals surface area (Å²) in [5.74, 6) is -1.00. The van der Waals surface area contributed by atoms with Gasteiger partial charge in [0.25, 0.3) is 5.91 Å². The largest absolute Gasteiger partial charge is 0.452 e. The lowest BCUT2D eigenvalue weighted by Gasteiger charge is -2.13. The number of nitrogens with zero attached hydrogens (tertiary/aromatic N) is 2. The Morgan fingerprint density at radius 2 is 1.91 bits per heavy atom. The molecule has 1 amide bonds. The fraction of sp³-hybridized carbons (Fsp3) is 0.188. The molecular weight excluding hydrogens is 362 g/mol. The van der Waals surface area contributed by atoms with Gasteiger partial charge in [0.1, 0.15) is 0 Å². The van der Waals surface area contributed by atoms with Crippen LogP contribution in [0.25, 0.3) is 0 Å². The first-order valence-electron chi connectivity index (χ1n) is 6.80. The van der Waals surface area contributed by atoms with E-state index in [1.54, 1.807) is 24.4 Å². The van der Waals surface area contributed by atoms with Gasteiger partial charge in [0, 0.05) is 42.3 Å². The lowest BCUT2D eigenvalue weighted by Crippen LogP contribution is -2.21. The van der Waals surface area contributed by atoms with Gasteiger partial charge in [0.05, 0.1) is 5.56 Å². The molecule has 120 valence electrons. The number of esters is 1. The van der Waals surface area contributed by atoms with Gasteiger partial charge in [-0.15, -0.1) is 0 Å². The SMILES string of the molecule is CN(C)c1ccc(NC(=O)COC(=O)c2cncc(Br)c2)cc1. The van der Waals surface area contributed by atoms with Gasteiger partial charge in [0.2, 0.25) is 0 Å². The van der Waals surface area contributed by atoms with E-state index in [1.807, 2.05) is 31.1 Å². The van der Waals surface area contributed by atoms with Gasteiger partial charge in [-0.2, -0.15) is 0 Å². The number of carbonyl (C=O) groups excluding carboxylic acids is 2. The molecule has 23 heavy (non-hydrogen) atoms. The van der Waals surface area contributed by atoms with Crippen LogP contribution in [0.5, 0.6) is 0 Å². The first kappa shape index (κ1) is 17.0. The van der Waals surface area contributed by atoms with Crippen LogP contribution in [0.15, 0.2) is 47.2 Å². The van der Waals surface area contributed by atoms with E-state index in [1.165, 1.54) is 6.20 Å². The number of halogens is 1. The van der Waals surface area contributed by atoms with Crippen molar-refractivity contribution in [3.63, 3.8) is 0 Å². The molecule has 7 heteroatoms. The van der Waals surface area contributed by atoms with Crippen molar-refractivity contribution >= 4 is 39.2 Å². The lowest BCUT2D eigenvalue weighted by molar-refractivity contribution is -0.119. The molecule has 0 bridgehead atoms. The van der Waals surface area contributed by atoms with E-state index in [0.717, 1.165) is 5.69 Å². The summed E-state index contributed by atoms with van der Waals surface area (Å²) >= 11 is 3.22. The van der Waals surface area contributed by atoms with Crippen LogP contribution in [0.4, 0.5) is 11.4 Å². The predicted octanol–water partition coefficient (Wildman–Crippen LogP) is 2.71. The maximum Gasteiger partial charge on any atom is 0.340 e. The van der Waals surface area contributed by atoms with Gasteiger partial charge in [-0.25, -0.2) is 4.79 Å². The summed E-state index contributed by atoms with van der Waals surface area (Å²) in [6.07, 6.45) is 2.94. The van der Waals surface area contributed by atoms with E-state index < -0.39 is 11.9 Å². The average molecular weight is 378 g/mol. The Hall–Kier alpha value is -2.41. The third-order valence-corrected chi connectivity index (χ3v) is 3.38. The number of nitrogens with one attached hydrogen (secondary N) is 1. The van der Waals surface area contributed by atoms with Gasteiger partial charge >= 0.3 is 5.97 Å². The standard InChI is InChI=1S/C16H16BrN3O3/c1-20(2)14-5-3-13(4-6-14)19-15(21)10-23-16(22)11-7-12(17)9-18-8-11/h3-9H,10H2,1-2H3,(H,19,21). The number of aromatic nitrogens is 1. The Morgan fingerprint density at radius 3 is 2.52 bits per heavy atom. The van der Waals surface area contributed by atoms with Gasteiger partial charge in [-0.05, 0) is 46.3 Å². The van der Waals surface area contributed by atoms with E-state index in [9.17, 15) is 9.59 Å². The van der Waals surface area contributed by atoms with Crippen LogP contribution in [-0.4, -0.2) is 37.6 Å². The zero-order chi connectivity index (χ0) is 16.8. The van der Waals surface area contributed by atoms with E-state index in [4.69, 9.17) is 4.74 Å². The second-order valence-electron chi connectivity index (χ2n) is 4.96. The monoisotopic (exact) mass is 377 g/mol. The van der Waals surface area contributed by atoms with Gasteiger partial charge in [-0.3, -0.25) is 9.78 Å². The molecule has 1 heterocycles. The quantitative estimate of drug-likeness (QED) is 0.811. The fourth-order valence-electron chi connectivity index (χ4n) is 1.78. The highest BCUT2D eigenvalue weighted by Gasteiger charge is 2.11. The maximum absolute atomic E-state index is 11.8. The molecular formula is C16H16BrN3O3. The number of hydrogen-bond acceptors (Lipinski definition) is 5. The normalized spacial score (nSPS) is 10.0. The molecule has 0 fully saturated rings. The summed E-state index contributed by atoms with van der Waals surface area (Å²) in [7, 11) is 3.87. The second kappa shape index (κ2) is 7.73. The zero-order valence-electron chi connectivity index (χ0n) is 12.7. The number of anilines is 2. The maximum atomic E-state index is 11.8. The molecule has 0 saturated heterocycles. The van der Waals surface area contributed by atoms with E-state index >= 15 is 0 Å². The molecule has 0 atom stereocenters. The highest BCUT2D eigenvalue weighted by atomic mass is 79.9. The minimum atomic E-state index is -0.600.